The van der Waals surface area contributed by atoms with Crippen LogP contribution in [0.1, 0.15) is 15.4 Å². The first-order chi connectivity index (χ1) is 10.7. The van der Waals surface area contributed by atoms with E-state index in [1.165, 1.54) is 11.3 Å². The fourth-order valence-corrected chi connectivity index (χ4v) is 3.05. The molecule has 1 amide bonds. The van der Waals surface area contributed by atoms with Gasteiger partial charge < -0.3 is 5.73 Å². The molecule has 0 bridgehead atoms. The molecular formula is C17H11N3OS. The van der Waals surface area contributed by atoms with Crippen LogP contribution in [0.25, 0.3) is 21.7 Å². The van der Waals surface area contributed by atoms with Crippen LogP contribution in [0.5, 0.6) is 0 Å². The molecular weight excluding hydrogens is 294 g/mol. The van der Waals surface area contributed by atoms with Crippen molar-refractivity contribution >= 4 is 17.2 Å². The number of nitrogens with two attached hydrogens (primary N) is 1. The van der Waals surface area contributed by atoms with Gasteiger partial charge in [0.15, 0.2) is 5.01 Å². The van der Waals surface area contributed by atoms with Crippen molar-refractivity contribution in [1.29, 1.82) is 5.26 Å². The summed E-state index contributed by atoms with van der Waals surface area (Å²) in [7, 11) is 0. The number of nitriles is 1. The average molecular weight is 305 g/mol. The zero-order chi connectivity index (χ0) is 15.5. The van der Waals surface area contributed by atoms with Crippen LogP contribution >= 0.6 is 11.3 Å². The maximum Gasteiger partial charge on any atom is 0.277 e. The summed E-state index contributed by atoms with van der Waals surface area (Å²) in [4.78, 5) is 16.7. The van der Waals surface area contributed by atoms with Crippen molar-refractivity contribution in [3.05, 3.63) is 65.2 Å². The highest BCUT2D eigenvalue weighted by Gasteiger charge is 2.17. The Labute approximate surface area is 131 Å². The number of nitrogens with zero attached hydrogens (tertiary/aromatic N) is 2. The second-order valence-electron chi connectivity index (χ2n) is 4.62. The summed E-state index contributed by atoms with van der Waals surface area (Å²) in [5, 5.41) is 9.16. The molecule has 22 heavy (non-hydrogen) atoms. The molecule has 2 N–H and O–H groups in total. The van der Waals surface area contributed by atoms with E-state index in [2.05, 4.69) is 11.1 Å². The van der Waals surface area contributed by atoms with Gasteiger partial charge in [0.2, 0.25) is 0 Å². The van der Waals surface area contributed by atoms with Gasteiger partial charge in [0.1, 0.15) is 0 Å². The molecule has 0 saturated carbocycles. The Bertz CT molecular complexity index is 861. The lowest BCUT2D eigenvalue weighted by molar-refractivity contribution is 0.1000. The van der Waals surface area contributed by atoms with Crippen LogP contribution in [0.4, 0.5) is 0 Å². The van der Waals surface area contributed by atoms with E-state index in [-0.39, 0.29) is 5.01 Å². The first-order valence-electron chi connectivity index (χ1n) is 6.55. The summed E-state index contributed by atoms with van der Waals surface area (Å²) in [6.07, 6.45) is 0. The quantitative estimate of drug-likeness (QED) is 0.804. The SMILES string of the molecule is N#Cc1ccc(-c2sc(C(N)=O)nc2-c2ccccc2)cc1. The van der Waals surface area contributed by atoms with Crippen molar-refractivity contribution in [1.82, 2.24) is 4.98 Å². The summed E-state index contributed by atoms with van der Waals surface area (Å²) in [5.41, 5.74) is 8.50. The van der Waals surface area contributed by atoms with Crippen molar-refractivity contribution in [3.8, 4) is 27.8 Å². The Morgan fingerprint density at radius 3 is 2.32 bits per heavy atom. The minimum Gasteiger partial charge on any atom is -0.364 e. The third-order valence-electron chi connectivity index (χ3n) is 3.16. The number of thiazole rings is 1. The van der Waals surface area contributed by atoms with Crippen LogP contribution in [0.15, 0.2) is 54.6 Å². The molecule has 0 saturated heterocycles. The summed E-state index contributed by atoms with van der Waals surface area (Å²) >= 11 is 1.26. The van der Waals surface area contributed by atoms with Crippen LogP contribution in [-0.2, 0) is 0 Å². The largest absolute Gasteiger partial charge is 0.364 e. The number of hydrogen-bond donors (Lipinski definition) is 1. The molecule has 0 aliphatic heterocycles. The predicted molar refractivity (Wildman–Crippen MR) is 86.2 cm³/mol. The number of benzene rings is 2. The molecule has 0 aliphatic rings. The number of carbonyl (C=O) groups is 1. The van der Waals surface area contributed by atoms with E-state index in [0.717, 1.165) is 21.7 Å². The number of hydrogen-bond acceptors (Lipinski definition) is 4. The third-order valence-corrected chi connectivity index (χ3v) is 4.28. The van der Waals surface area contributed by atoms with Crippen molar-refractivity contribution in [2.45, 2.75) is 0 Å². The Hall–Kier alpha value is -2.97. The van der Waals surface area contributed by atoms with E-state index >= 15 is 0 Å². The summed E-state index contributed by atoms with van der Waals surface area (Å²) in [5.74, 6) is -0.540. The van der Waals surface area contributed by atoms with E-state index in [0.29, 0.717) is 5.56 Å². The van der Waals surface area contributed by atoms with Crippen molar-refractivity contribution in [3.63, 3.8) is 0 Å². The molecule has 5 heteroatoms. The van der Waals surface area contributed by atoms with Gasteiger partial charge in [-0.1, -0.05) is 42.5 Å². The lowest BCUT2D eigenvalue weighted by atomic mass is 10.1. The van der Waals surface area contributed by atoms with E-state index in [1.807, 2.05) is 42.5 Å². The minimum absolute atomic E-state index is 0.276. The lowest BCUT2D eigenvalue weighted by Crippen LogP contribution is -2.10. The van der Waals surface area contributed by atoms with E-state index < -0.39 is 5.91 Å². The van der Waals surface area contributed by atoms with Crippen molar-refractivity contribution < 1.29 is 4.79 Å². The van der Waals surface area contributed by atoms with E-state index in [9.17, 15) is 4.79 Å². The van der Waals surface area contributed by atoms with Crippen molar-refractivity contribution in [2.24, 2.45) is 5.73 Å². The molecule has 3 aromatic rings. The van der Waals surface area contributed by atoms with Crippen molar-refractivity contribution in [2.75, 3.05) is 0 Å². The standard InChI is InChI=1S/C17H11N3OS/c18-10-11-6-8-13(9-7-11)15-14(12-4-2-1-3-5-12)20-17(22-15)16(19)21/h1-9H,(H2,19,21). The zero-order valence-electron chi connectivity index (χ0n) is 11.5. The van der Waals surface area contributed by atoms with Gasteiger partial charge in [0.25, 0.3) is 5.91 Å². The number of aromatic nitrogens is 1. The van der Waals surface area contributed by atoms with Gasteiger partial charge in [-0.05, 0) is 17.7 Å². The van der Waals surface area contributed by atoms with Crippen LogP contribution in [0.2, 0.25) is 0 Å². The Morgan fingerprint density at radius 2 is 1.73 bits per heavy atom. The molecule has 0 radical (unpaired) electrons. The van der Waals surface area contributed by atoms with Gasteiger partial charge in [0.05, 0.1) is 22.2 Å². The molecule has 0 unspecified atom stereocenters. The fourth-order valence-electron chi connectivity index (χ4n) is 2.11. The molecule has 0 fully saturated rings. The monoisotopic (exact) mass is 305 g/mol. The highest BCUT2D eigenvalue weighted by molar-refractivity contribution is 7.17. The van der Waals surface area contributed by atoms with E-state index in [1.54, 1.807) is 12.1 Å². The average Bonchev–Trinajstić information content (AvgIpc) is 3.01. The normalized spacial score (nSPS) is 10.1. The Balaban J connectivity index is 2.17. The third kappa shape index (κ3) is 2.60. The summed E-state index contributed by atoms with van der Waals surface area (Å²) in [6, 6.07) is 18.9. The lowest BCUT2D eigenvalue weighted by Gasteiger charge is -2.02. The summed E-state index contributed by atoms with van der Waals surface area (Å²) < 4.78 is 0. The number of amides is 1. The molecule has 1 heterocycles. The minimum atomic E-state index is -0.540. The topological polar surface area (TPSA) is 79.8 Å². The van der Waals surface area contributed by atoms with Gasteiger partial charge >= 0.3 is 0 Å². The molecule has 0 spiro atoms. The molecule has 3 rings (SSSR count). The molecule has 0 aliphatic carbocycles. The molecule has 1 aromatic heterocycles. The van der Waals surface area contributed by atoms with Crippen LogP contribution in [0.3, 0.4) is 0 Å². The second-order valence-corrected chi connectivity index (χ2v) is 5.62. The first kappa shape index (κ1) is 14.0. The fraction of sp³-hybridized carbons (Fsp3) is 0. The maximum absolute atomic E-state index is 11.5. The summed E-state index contributed by atoms with van der Waals surface area (Å²) in [6.45, 7) is 0. The zero-order valence-corrected chi connectivity index (χ0v) is 12.3. The van der Waals surface area contributed by atoms with Gasteiger partial charge in [-0.3, -0.25) is 4.79 Å². The smallest absolute Gasteiger partial charge is 0.277 e. The Morgan fingerprint density at radius 1 is 1.05 bits per heavy atom. The van der Waals surface area contributed by atoms with Gasteiger partial charge in [-0.2, -0.15) is 5.26 Å². The molecule has 106 valence electrons. The van der Waals surface area contributed by atoms with Crippen LogP contribution in [-0.4, -0.2) is 10.9 Å². The highest BCUT2D eigenvalue weighted by atomic mass is 32.1. The van der Waals surface area contributed by atoms with Gasteiger partial charge in [0, 0.05) is 5.56 Å². The molecule has 2 aromatic carbocycles. The van der Waals surface area contributed by atoms with Crippen LogP contribution < -0.4 is 5.73 Å². The first-order valence-corrected chi connectivity index (χ1v) is 7.37. The number of rotatable bonds is 3. The van der Waals surface area contributed by atoms with Gasteiger partial charge in [-0.25, -0.2) is 4.98 Å². The maximum atomic E-state index is 11.5. The molecule has 4 nitrogen and oxygen atoms in total. The number of primary amides is 1. The molecule has 0 atom stereocenters. The Kier molecular flexibility index (Phi) is 3.69. The highest BCUT2D eigenvalue weighted by Crippen LogP contribution is 2.36. The predicted octanol–water partition coefficient (Wildman–Crippen LogP) is 3.45. The van der Waals surface area contributed by atoms with Gasteiger partial charge in [-0.15, -0.1) is 11.3 Å². The van der Waals surface area contributed by atoms with Crippen LogP contribution in [0, 0.1) is 11.3 Å². The van der Waals surface area contributed by atoms with E-state index in [4.69, 9.17) is 11.0 Å². The number of carbonyl (C=O) groups excluding carboxylic acids is 1. The second kappa shape index (κ2) is 5.80.